The zero-order chi connectivity index (χ0) is 12.8. The highest BCUT2D eigenvalue weighted by atomic mass is 16.4. The highest BCUT2D eigenvalue weighted by Crippen LogP contribution is 2.12. The van der Waals surface area contributed by atoms with Crippen LogP contribution in [0.1, 0.15) is 18.4 Å². The van der Waals surface area contributed by atoms with E-state index < -0.39 is 5.97 Å². The number of carboxylic acids is 1. The van der Waals surface area contributed by atoms with Crippen molar-refractivity contribution in [2.75, 3.05) is 19.6 Å². The van der Waals surface area contributed by atoms with Crippen molar-refractivity contribution in [2.24, 2.45) is 0 Å². The lowest BCUT2D eigenvalue weighted by molar-refractivity contribution is -0.136. The molecule has 2 rings (SSSR count). The first-order chi connectivity index (χ1) is 8.74. The van der Waals surface area contributed by atoms with Gasteiger partial charge in [-0.3, -0.25) is 14.7 Å². The van der Waals surface area contributed by atoms with E-state index in [-0.39, 0.29) is 6.42 Å². The molecule has 1 saturated heterocycles. The predicted octanol–water partition coefficient (Wildman–Crippen LogP) is 0.720. The van der Waals surface area contributed by atoms with Gasteiger partial charge in [0.05, 0.1) is 6.42 Å². The van der Waals surface area contributed by atoms with E-state index in [0.29, 0.717) is 12.6 Å². The number of carboxylic acid groups (broad SMARTS) is 1. The number of aliphatic carboxylic acids is 1. The summed E-state index contributed by atoms with van der Waals surface area (Å²) >= 11 is 0. The van der Waals surface area contributed by atoms with E-state index in [4.69, 9.17) is 5.11 Å². The van der Waals surface area contributed by atoms with Crippen LogP contribution in [0.4, 0.5) is 0 Å². The third-order valence-electron chi connectivity index (χ3n) is 3.17. The largest absolute Gasteiger partial charge is 0.481 e. The van der Waals surface area contributed by atoms with Gasteiger partial charge in [0.25, 0.3) is 0 Å². The van der Waals surface area contributed by atoms with Gasteiger partial charge >= 0.3 is 5.97 Å². The van der Waals surface area contributed by atoms with E-state index in [2.05, 4.69) is 21.3 Å². The van der Waals surface area contributed by atoms with Crippen molar-refractivity contribution in [1.82, 2.24) is 15.2 Å². The summed E-state index contributed by atoms with van der Waals surface area (Å²) in [5.74, 6) is -0.743. The SMILES string of the molecule is O=C(O)CCNC1CCN(Cc2cccnc2)C1. The number of hydrogen-bond donors (Lipinski definition) is 2. The van der Waals surface area contributed by atoms with Crippen LogP contribution in [-0.2, 0) is 11.3 Å². The summed E-state index contributed by atoms with van der Waals surface area (Å²) in [5, 5.41) is 11.9. The maximum atomic E-state index is 10.4. The number of pyridine rings is 1. The van der Waals surface area contributed by atoms with Crippen LogP contribution in [-0.4, -0.2) is 46.6 Å². The van der Waals surface area contributed by atoms with Gasteiger partial charge in [0, 0.05) is 44.6 Å². The number of carbonyl (C=O) groups is 1. The Kier molecular flexibility index (Phi) is 4.66. The quantitative estimate of drug-likeness (QED) is 0.777. The maximum absolute atomic E-state index is 10.4. The summed E-state index contributed by atoms with van der Waals surface area (Å²) in [6, 6.07) is 4.45. The zero-order valence-corrected chi connectivity index (χ0v) is 10.4. The van der Waals surface area contributed by atoms with Crippen LogP contribution in [0.5, 0.6) is 0 Å². The molecule has 0 aliphatic carbocycles. The Hall–Kier alpha value is -1.46. The number of rotatable bonds is 6. The van der Waals surface area contributed by atoms with Crippen molar-refractivity contribution in [3.63, 3.8) is 0 Å². The van der Waals surface area contributed by atoms with Gasteiger partial charge in [-0.2, -0.15) is 0 Å². The summed E-state index contributed by atoms with van der Waals surface area (Å²) < 4.78 is 0. The van der Waals surface area contributed by atoms with E-state index in [1.54, 1.807) is 6.20 Å². The Bertz CT molecular complexity index is 383. The molecule has 0 bridgehead atoms. The summed E-state index contributed by atoms with van der Waals surface area (Å²) in [6.45, 7) is 3.51. The van der Waals surface area contributed by atoms with Gasteiger partial charge in [0.2, 0.25) is 0 Å². The van der Waals surface area contributed by atoms with Gasteiger partial charge in [0.1, 0.15) is 0 Å². The third-order valence-corrected chi connectivity index (χ3v) is 3.17. The fourth-order valence-corrected chi connectivity index (χ4v) is 2.28. The van der Waals surface area contributed by atoms with E-state index in [9.17, 15) is 4.79 Å². The van der Waals surface area contributed by atoms with Crippen molar-refractivity contribution in [3.05, 3.63) is 30.1 Å². The Labute approximate surface area is 107 Å². The molecular weight excluding hydrogens is 230 g/mol. The molecule has 1 aliphatic rings. The highest BCUT2D eigenvalue weighted by Gasteiger charge is 2.21. The van der Waals surface area contributed by atoms with E-state index in [1.165, 1.54) is 5.56 Å². The minimum atomic E-state index is -0.743. The van der Waals surface area contributed by atoms with Crippen LogP contribution >= 0.6 is 0 Å². The summed E-state index contributed by atoms with van der Waals surface area (Å²) in [5.41, 5.74) is 1.23. The number of likely N-dealkylation sites (tertiary alicyclic amines) is 1. The molecule has 18 heavy (non-hydrogen) atoms. The molecule has 1 aromatic heterocycles. The first-order valence-electron chi connectivity index (χ1n) is 6.30. The van der Waals surface area contributed by atoms with Gasteiger partial charge in [0.15, 0.2) is 0 Å². The Balaban J connectivity index is 1.70. The third kappa shape index (κ3) is 4.09. The number of nitrogens with zero attached hydrogens (tertiary/aromatic N) is 2. The van der Waals surface area contributed by atoms with Crippen LogP contribution in [0, 0.1) is 0 Å². The monoisotopic (exact) mass is 249 g/mol. The molecule has 0 aromatic carbocycles. The van der Waals surface area contributed by atoms with Gasteiger partial charge in [-0.25, -0.2) is 0 Å². The topological polar surface area (TPSA) is 65.5 Å². The average Bonchev–Trinajstić information content (AvgIpc) is 2.78. The van der Waals surface area contributed by atoms with Crippen molar-refractivity contribution in [3.8, 4) is 0 Å². The zero-order valence-electron chi connectivity index (χ0n) is 10.4. The normalized spacial score (nSPS) is 20.1. The molecule has 2 heterocycles. The molecule has 2 N–H and O–H groups in total. The maximum Gasteiger partial charge on any atom is 0.304 e. The molecule has 1 atom stereocenters. The second kappa shape index (κ2) is 6.47. The fraction of sp³-hybridized carbons (Fsp3) is 0.538. The van der Waals surface area contributed by atoms with Crippen molar-refractivity contribution < 1.29 is 9.90 Å². The van der Waals surface area contributed by atoms with E-state index in [1.807, 2.05) is 12.3 Å². The summed E-state index contributed by atoms with van der Waals surface area (Å²) in [6.07, 6.45) is 4.95. The molecule has 1 aromatic rings. The number of aromatic nitrogens is 1. The molecule has 5 heteroatoms. The second-order valence-corrected chi connectivity index (χ2v) is 4.68. The molecule has 0 radical (unpaired) electrons. The highest BCUT2D eigenvalue weighted by molar-refractivity contribution is 5.66. The molecule has 1 aliphatic heterocycles. The first-order valence-corrected chi connectivity index (χ1v) is 6.30. The fourth-order valence-electron chi connectivity index (χ4n) is 2.28. The first kappa shape index (κ1) is 13.0. The molecule has 5 nitrogen and oxygen atoms in total. The standard InChI is InChI=1S/C13H19N3O2/c17-13(18)3-6-15-12-4-7-16(10-12)9-11-2-1-5-14-8-11/h1-2,5,8,12,15H,3-4,6-7,9-10H2,(H,17,18). The van der Waals surface area contributed by atoms with Crippen LogP contribution < -0.4 is 5.32 Å². The van der Waals surface area contributed by atoms with Crippen LogP contribution in [0.3, 0.4) is 0 Å². The van der Waals surface area contributed by atoms with Gasteiger partial charge in [-0.05, 0) is 18.1 Å². The van der Waals surface area contributed by atoms with Crippen molar-refractivity contribution in [2.45, 2.75) is 25.4 Å². The lowest BCUT2D eigenvalue weighted by Crippen LogP contribution is -2.33. The number of hydrogen-bond acceptors (Lipinski definition) is 4. The van der Waals surface area contributed by atoms with E-state index in [0.717, 1.165) is 26.1 Å². The lowest BCUT2D eigenvalue weighted by atomic mass is 10.2. The van der Waals surface area contributed by atoms with Crippen LogP contribution in [0.2, 0.25) is 0 Å². The number of nitrogens with one attached hydrogen (secondary N) is 1. The molecular formula is C13H19N3O2. The average molecular weight is 249 g/mol. The molecule has 0 amide bonds. The van der Waals surface area contributed by atoms with Gasteiger partial charge < -0.3 is 10.4 Å². The molecule has 1 unspecified atom stereocenters. The molecule has 1 fully saturated rings. The Morgan fingerprint density at radius 3 is 3.22 bits per heavy atom. The molecule has 0 saturated carbocycles. The van der Waals surface area contributed by atoms with Gasteiger partial charge in [-0.15, -0.1) is 0 Å². The van der Waals surface area contributed by atoms with E-state index >= 15 is 0 Å². The minimum Gasteiger partial charge on any atom is -0.481 e. The molecule has 0 spiro atoms. The van der Waals surface area contributed by atoms with Crippen molar-refractivity contribution in [1.29, 1.82) is 0 Å². The van der Waals surface area contributed by atoms with Crippen LogP contribution in [0.15, 0.2) is 24.5 Å². The van der Waals surface area contributed by atoms with Crippen LogP contribution in [0.25, 0.3) is 0 Å². The summed E-state index contributed by atoms with van der Waals surface area (Å²) in [4.78, 5) is 16.9. The summed E-state index contributed by atoms with van der Waals surface area (Å²) in [7, 11) is 0. The Morgan fingerprint density at radius 2 is 2.50 bits per heavy atom. The minimum absolute atomic E-state index is 0.194. The predicted molar refractivity (Wildman–Crippen MR) is 68.2 cm³/mol. The second-order valence-electron chi connectivity index (χ2n) is 4.68. The molecule has 98 valence electrons. The Morgan fingerprint density at radius 1 is 1.61 bits per heavy atom. The van der Waals surface area contributed by atoms with Gasteiger partial charge in [-0.1, -0.05) is 6.07 Å². The van der Waals surface area contributed by atoms with Crippen molar-refractivity contribution >= 4 is 5.97 Å². The smallest absolute Gasteiger partial charge is 0.304 e. The lowest BCUT2D eigenvalue weighted by Gasteiger charge is -2.16.